The largest absolute Gasteiger partial charge is 0.493 e. The van der Waals surface area contributed by atoms with Gasteiger partial charge in [0.05, 0.1) is 14.2 Å². The average Bonchev–Trinajstić information content (AvgIpc) is 2.61. The standard InChI is InChI=1S/C19H17ClN2O3/c1-12-8-15(20)5-6-16(12)22-19(23)14(11-21)9-13-4-7-17(24-2)18(10-13)25-3/h4-10H,1-3H3,(H,22,23)/b14-9+. The molecule has 0 aliphatic heterocycles. The van der Waals surface area contributed by atoms with Crippen molar-refractivity contribution in [3.05, 3.63) is 58.1 Å². The zero-order chi connectivity index (χ0) is 18.4. The molecule has 0 unspecified atom stereocenters. The monoisotopic (exact) mass is 356 g/mol. The Kier molecular flexibility index (Phi) is 6.04. The Hall–Kier alpha value is -2.97. The lowest BCUT2D eigenvalue weighted by Gasteiger charge is -2.09. The number of hydrogen-bond acceptors (Lipinski definition) is 4. The predicted octanol–water partition coefficient (Wildman–Crippen LogP) is 4.21. The molecule has 0 fully saturated rings. The second-order valence-electron chi connectivity index (χ2n) is 5.20. The normalized spacial score (nSPS) is 10.8. The van der Waals surface area contributed by atoms with E-state index in [2.05, 4.69) is 5.32 Å². The van der Waals surface area contributed by atoms with Gasteiger partial charge < -0.3 is 14.8 Å². The van der Waals surface area contributed by atoms with Crippen LogP contribution in [-0.2, 0) is 4.79 Å². The molecule has 25 heavy (non-hydrogen) atoms. The molecule has 2 aromatic carbocycles. The Morgan fingerprint density at radius 3 is 2.48 bits per heavy atom. The molecular weight excluding hydrogens is 340 g/mol. The molecule has 1 amide bonds. The first-order chi connectivity index (χ1) is 12.0. The van der Waals surface area contributed by atoms with Gasteiger partial charge in [-0.15, -0.1) is 0 Å². The number of aryl methyl sites for hydroxylation is 1. The highest BCUT2D eigenvalue weighted by Crippen LogP contribution is 2.28. The van der Waals surface area contributed by atoms with Gasteiger partial charge in [-0.25, -0.2) is 0 Å². The molecule has 128 valence electrons. The van der Waals surface area contributed by atoms with E-state index in [0.717, 1.165) is 5.56 Å². The van der Waals surface area contributed by atoms with E-state index in [4.69, 9.17) is 21.1 Å². The molecule has 5 nitrogen and oxygen atoms in total. The maximum atomic E-state index is 12.4. The first-order valence-electron chi connectivity index (χ1n) is 7.39. The molecule has 0 saturated carbocycles. The Morgan fingerprint density at radius 1 is 1.16 bits per heavy atom. The summed E-state index contributed by atoms with van der Waals surface area (Å²) >= 11 is 5.91. The molecule has 0 atom stereocenters. The molecule has 0 aliphatic rings. The van der Waals surface area contributed by atoms with E-state index in [1.807, 2.05) is 13.0 Å². The molecule has 1 N–H and O–H groups in total. The van der Waals surface area contributed by atoms with Crippen molar-refractivity contribution < 1.29 is 14.3 Å². The minimum Gasteiger partial charge on any atom is -0.493 e. The van der Waals surface area contributed by atoms with Crippen LogP contribution in [0.1, 0.15) is 11.1 Å². The number of rotatable bonds is 5. The zero-order valence-corrected chi connectivity index (χ0v) is 14.8. The third kappa shape index (κ3) is 4.52. The number of carbonyl (C=O) groups excluding carboxylic acids is 1. The van der Waals surface area contributed by atoms with Gasteiger partial charge in [-0.1, -0.05) is 17.7 Å². The number of nitrogens with one attached hydrogen (secondary N) is 1. The molecule has 0 saturated heterocycles. The fraction of sp³-hybridized carbons (Fsp3) is 0.158. The average molecular weight is 357 g/mol. The molecule has 0 heterocycles. The van der Waals surface area contributed by atoms with Gasteiger partial charge in [0.2, 0.25) is 0 Å². The van der Waals surface area contributed by atoms with Crippen LogP contribution in [0.3, 0.4) is 0 Å². The molecule has 0 aliphatic carbocycles. The zero-order valence-electron chi connectivity index (χ0n) is 14.1. The second-order valence-corrected chi connectivity index (χ2v) is 5.63. The molecule has 0 aromatic heterocycles. The van der Waals surface area contributed by atoms with Crippen LogP contribution in [0.25, 0.3) is 6.08 Å². The SMILES string of the molecule is COc1ccc(/C=C(\C#N)C(=O)Nc2ccc(Cl)cc2C)cc1OC. The predicted molar refractivity (Wildman–Crippen MR) is 98.0 cm³/mol. The van der Waals surface area contributed by atoms with Gasteiger partial charge in [-0.3, -0.25) is 4.79 Å². The van der Waals surface area contributed by atoms with Crippen LogP contribution in [0, 0.1) is 18.3 Å². The van der Waals surface area contributed by atoms with Gasteiger partial charge in [0, 0.05) is 10.7 Å². The fourth-order valence-corrected chi connectivity index (χ4v) is 2.44. The third-order valence-corrected chi connectivity index (χ3v) is 3.76. The molecule has 0 radical (unpaired) electrons. The number of ether oxygens (including phenoxy) is 2. The first-order valence-corrected chi connectivity index (χ1v) is 7.77. The van der Waals surface area contributed by atoms with Gasteiger partial charge in [-0.2, -0.15) is 5.26 Å². The highest BCUT2D eigenvalue weighted by molar-refractivity contribution is 6.30. The van der Waals surface area contributed by atoms with Gasteiger partial charge in [0.15, 0.2) is 11.5 Å². The Morgan fingerprint density at radius 2 is 1.88 bits per heavy atom. The highest BCUT2D eigenvalue weighted by Gasteiger charge is 2.12. The summed E-state index contributed by atoms with van der Waals surface area (Å²) in [5.41, 5.74) is 2.03. The van der Waals surface area contributed by atoms with Crippen molar-refractivity contribution in [3.63, 3.8) is 0 Å². The smallest absolute Gasteiger partial charge is 0.266 e. The summed E-state index contributed by atoms with van der Waals surface area (Å²) in [5.74, 6) is 0.588. The Balaban J connectivity index is 2.28. The quantitative estimate of drug-likeness (QED) is 0.643. The van der Waals surface area contributed by atoms with Crippen LogP contribution >= 0.6 is 11.6 Å². The number of halogens is 1. The maximum Gasteiger partial charge on any atom is 0.266 e. The summed E-state index contributed by atoms with van der Waals surface area (Å²) in [4.78, 5) is 12.4. The second kappa shape index (κ2) is 8.22. The van der Waals surface area contributed by atoms with Crippen molar-refractivity contribution >= 4 is 29.3 Å². The van der Waals surface area contributed by atoms with E-state index < -0.39 is 5.91 Å². The van der Waals surface area contributed by atoms with Gasteiger partial charge in [-0.05, 0) is 54.5 Å². The summed E-state index contributed by atoms with van der Waals surface area (Å²) in [6, 6.07) is 12.2. The Bertz CT molecular complexity index is 869. The van der Waals surface area contributed by atoms with Gasteiger partial charge in [0.25, 0.3) is 5.91 Å². The van der Waals surface area contributed by atoms with E-state index in [1.54, 1.807) is 36.4 Å². The number of amides is 1. The molecule has 2 aromatic rings. The lowest BCUT2D eigenvalue weighted by Crippen LogP contribution is -2.14. The van der Waals surface area contributed by atoms with Crippen molar-refractivity contribution in [1.82, 2.24) is 0 Å². The van der Waals surface area contributed by atoms with Crippen LogP contribution in [0.5, 0.6) is 11.5 Å². The topological polar surface area (TPSA) is 71.3 Å². The number of nitriles is 1. The summed E-state index contributed by atoms with van der Waals surface area (Å²) in [7, 11) is 3.06. The first kappa shape index (κ1) is 18.4. The van der Waals surface area contributed by atoms with Crippen molar-refractivity contribution in [2.24, 2.45) is 0 Å². The summed E-state index contributed by atoms with van der Waals surface area (Å²) in [5, 5.41) is 12.6. The van der Waals surface area contributed by atoms with E-state index in [9.17, 15) is 10.1 Å². The molecule has 0 spiro atoms. The van der Waals surface area contributed by atoms with Crippen LogP contribution < -0.4 is 14.8 Å². The number of benzene rings is 2. The number of methoxy groups -OCH3 is 2. The lowest BCUT2D eigenvalue weighted by atomic mass is 10.1. The summed E-state index contributed by atoms with van der Waals surface area (Å²) in [6.07, 6.45) is 1.49. The number of anilines is 1. The highest BCUT2D eigenvalue weighted by atomic mass is 35.5. The molecular formula is C19H17ClN2O3. The van der Waals surface area contributed by atoms with Crippen molar-refractivity contribution in [1.29, 1.82) is 5.26 Å². The number of hydrogen-bond donors (Lipinski definition) is 1. The van der Waals surface area contributed by atoms with Crippen molar-refractivity contribution in [2.45, 2.75) is 6.92 Å². The van der Waals surface area contributed by atoms with Gasteiger partial charge in [0.1, 0.15) is 11.6 Å². The summed E-state index contributed by atoms with van der Waals surface area (Å²) in [6.45, 7) is 1.82. The lowest BCUT2D eigenvalue weighted by molar-refractivity contribution is -0.112. The van der Waals surface area contributed by atoms with Crippen LogP contribution in [0.4, 0.5) is 5.69 Å². The maximum absolute atomic E-state index is 12.4. The minimum atomic E-state index is -0.497. The van der Waals surface area contributed by atoms with E-state index in [-0.39, 0.29) is 5.57 Å². The van der Waals surface area contributed by atoms with Crippen molar-refractivity contribution in [3.8, 4) is 17.6 Å². The molecule has 6 heteroatoms. The molecule has 0 bridgehead atoms. The van der Waals surface area contributed by atoms with E-state index in [1.165, 1.54) is 20.3 Å². The molecule has 2 rings (SSSR count). The summed E-state index contributed by atoms with van der Waals surface area (Å²) < 4.78 is 10.4. The van der Waals surface area contributed by atoms with Crippen LogP contribution in [0.15, 0.2) is 42.0 Å². The van der Waals surface area contributed by atoms with E-state index in [0.29, 0.717) is 27.8 Å². The number of nitrogens with zero attached hydrogens (tertiary/aromatic N) is 1. The van der Waals surface area contributed by atoms with Crippen LogP contribution in [-0.4, -0.2) is 20.1 Å². The fourth-order valence-electron chi connectivity index (χ4n) is 2.21. The van der Waals surface area contributed by atoms with E-state index >= 15 is 0 Å². The van der Waals surface area contributed by atoms with Crippen molar-refractivity contribution in [2.75, 3.05) is 19.5 Å². The third-order valence-electron chi connectivity index (χ3n) is 3.52. The minimum absolute atomic E-state index is 0.0263. The van der Waals surface area contributed by atoms with Crippen LogP contribution in [0.2, 0.25) is 5.02 Å². The number of carbonyl (C=O) groups is 1. The Labute approximate surface area is 151 Å². The van der Waals surface area contributed by atoms with Gasteiger partial charge >= 0.3 is 0 Å².